The minimum atomic E-state index is -0.303. The number of anilines is 1. The molecule has 1 atom stereocenters. The first-order chi connectivity index (χ1) is 14.6. The number of nitrogens with one attached hydrogen (secondary N) is 1. The number of rotatable bonds is 7. The Morgan fingerprint density at radius 1 is 1.00 bits per heavy atom. The number of hydrogen-bond donors (Lipinski definition) is 1. The van der Waals surface area contributed by atoms with E-state index in [1.807, 2.05) is 74.5 Å². The van der Waals surface area contributed by atoms with Crippen molar-refractivity contribution < 1.29 is 4.79 Å². The summed E-state index contributed by atoms with van der Waals surface area (Å²) in [6.45, 7) is 4.63. The number of aryl methyl sites for hydroxylation is 2. The Kier molecular flexibility index (Phi) is 6.14. The zero-order chi connectivity index (χ0) is 20.9. The van der Waals surface area contributed by atoms with E-state index >= 15 is 0 Å². The highest BCUT2D eigenvalue weighted by Crippen LogP contribution is 2.26. The van der Waals surface area contributed by atoms with Gasteiger partial charge in [-0.2, -0.15) is 0 Å². The van der Waals surface area contributed by atoms with E-state index in [0.717, 1.165) is 40.4 Å². The van der Waals surface area contributed by atoms with Crippen molar-refractivity contribution in [3.63, 3.8) is 0 Å². The summed E-state index contributed by atoms with van der Waals surface area (Å²) in [6.07, 6.45) is 0.893. The lowest BCUT2D eigenvalue weighted by molar-refractivity contribution is -0.115. The topological polar surface area (TPSA) is 59.8 Å². The largest absolute Gasteiger partial charge is 0.325 e. The maximum atomic E-state index is 12.9. The first kappa shape index (κ1) is 20.2. The summed E-state index contributed by atoms with van der Waals surface area (Å²) in [4.78, 5) is 12.9. The highest BCUT2D eigenvalue weighted by atomic mass is 32.2. The fraction of sp³-hybridized carbons (Fsp3) is 0.208. The van der Waals surface area contributed by atoms with Gasteiger partial charge < -0.3 is 9.88 Å². The van der Waals surface area contributed by atoms with Crippen LogP contribution in [0.2, 0.25) is 0 Å². The molecule has 0 bridgehead atoms. The van der Waals surface area contributed by atoms with Gasteiger partial charge in [0.2, 0.25) is 5.91 Å². The van der Waals surface area contributed by atoms with Crippen molar-refractivity contribution >= 4 is 34.1 Å². The van der Waals surface area contributed by atoms with Crippen LogP contribution in [0.15, 0.2) is 78.0 Å². The Morgan fingerprint density at radius 3 is 2.57 bits per heavy atom. The van der Waals surface area contributed by atoms with Crippen LogP contribution in [0.4, 0.5) is 5.69 Å². The summed E-state index contributed by atoms with van der Waals surface area (Å²) in [5.74, 6) is 0.807. The van der Waals surface area contributed by atoms with Crippen LogP contribution in [0.3, 0.4) is 0 Å². The Morgan fingerprint density at radius 2 is 1.73 bits per heavy atom. The van der Waals surface area contributed by atoms with Crippen LogP contribution >= 0.6 is 11.8 Å². The molecule has 0 radical (unpaired) electrons. The van der Waals surface area contributed by atoms with E-state index in [9.17, 15) is 4.79 Å². The quantitative estimate of drug-likeness (QED) is 0.426. The molecule has 5 nitrogen and oxygen atoms in total. The molecule has 4 aromatic rings. The van der Waals surface area contributed by atoms with Crippen LogP contribution in [-0.2, 0) is 17.8 Å². The van der Waals surface area contributed by atoms with Crippen molar-refractivity contribution in [2.45, 2.75) is 37.2 Å². The number of hydrogen-bond acceptors (Lipinski definition) is 4. The van der Waals surface area contributed by atoms with Crippen LogP contribution in [-0.4, -0.2) is 25.9 Å². The molecule has 0 spiro atoms. The molecule has 1 amide bonds. The molecule has 0 fully saturated rings. The van der Waals surface area contributed by atoms with Crippen molar-refractivity contribution in [2.24, 2.45) is 0 Å². The molecule has 1 aromatic heterocycles. The molecule has 0 saturated heterocycles. The summed E-state index contributed by atoms with van der Waals surface area (Å²) in [6, 6.07) is 24.3. The SMILES string of the molecule is Cc1nnc(S[C@@H](C)C(=O)Nc2cccc3ccccc23)n1CCc1ccccc1. The molecule has 0 unspecified atom stereocenters. The van der Waals surface area contributed by atoms with E-state index < -0.39 is 0 Å². The highest BCUT2D eigenvalue weighted by Gasteiger charge is 2.20. The molecule has 6 heteroatoms. The number of thioether (sulfide) groups is 1. The number of amides is 1. The molecule has 3 aromatic carbocycles. The van der Waals surface area contributed by atoms with Crippen molar-refractivity contribution in [2.75, 3.05) is 5.32 Å². The molecule has 0 aliphatic carbocycles. The fourth-order valence-electron chi connectivity index (χ4n) is 3.37. The predicted octanol–water partition coefficient (Wildman–Crippen LogP) is 5.10. The smallest absolute Gasteiger partial charge is 0.237 e. The first-order valence-electron chi connectivity index (χ1n) is 10.0. The summed E-state index contributed by atoms with van der Waals surface area (Å²) in [5, 5.41) is 14.2. The molecule has 0 aliphatic heterocycles. The van der Waals surface area contributed by atoms with Gasteiger partial charge in [0.1, 0.15) is 5.82 Å². The number of nitrogens with zero attached hydrogens (tertiary/aromatic N) is 3. The van der Waals surface area contributed by atoms with Gasteiger partial charge >= 0.3 is 0 Å². The molecular formula is C24H24N4OS. The molecule has 0 saturated carbocycles. The van der Waals surface area contributed by atoms with Gasteiger partial charge in [0.15, 0.2) is 5.16 Å². The maximum Gasteiger partial charge on any atom is 0.237 e. The van der Waals surface area contributed by atoms with Gasteiger partial charge in [-0.05, 0) is 37.3 Å². The second kappa shape index (κ2) is 9.13. The lowest BCUT2D eigenvalue weighted by Gasteiger charge is -2.14. The Hall–Kier alpha value is -3.12. The lowest BCUT2D eigenvalue weighted by atomic mass is 10.1. The van der Waals surface area contributed by atoms with Crippen molar-refractivity contribution in [3.05, 3.63) is 84.2 Å². The van der Waals surface area contributed by atoms with Crippen LogP contribution in [0, 0.1) is 6.92 Å². The van der Waals surface area contributed by atoms with Crippen LogP contribution in [0.1, 0.15) is 18.3 Å². The van der Waals surface area contributed by atoms with E-state index in [2.05, 4.69) is 32.2 Å². The number of carbonyl (C=O) groups excluding carboxylic acids is 1. The molecule has 152 valence electrons. The summed E-state index contributed by atoms with van der Waals surface area (Å²) < 4.78 is 2.08. The molecule has 1 heterocycles. The third-order valence-electron chi connectivity index (χ3n) is 5.07. The fourth-order valence-corrected chi connectivity index (χ4v) is 4.29. The van der Waals surface area contributed by atoms with Crippen LogP contribution in [0.5, 0.6) is 0 Å². The second-order valence-electron chi connectivity index (χ2n) is 7.19. The average molecular weight is 417 g/mol. The van der Waals surface area contributed by atoms with Gasteiger partial charge in [0, 0.05) is 17.6 Å². The van der Waals surface area contributed by atoms with Gasteiger partial charge in [0.05, 0.1) is 5.25 Å². The third kappa shape index (κ3) is 4.54. The second-order valence-corrected chi connectivity index (χ2v) is 8.50. The zero-order valence-corrected chi connectivity index (χ0v) is 17.9. The summed E-state index contributed by atoms with van der Waals surface area (Å²) in [7, 11) is 0. The monoisotopic (exact) mass is 416 g/mol. The van der Waals surface area contributed by atoms with Gasteiger partial charge in [-0.1, -0.05) is 78.5 Å². The van der Waals surface area contributed by atoms with Gasteiger partial charge in [-0.15, -0.1) is 10.2 Å². The van der Waals surface area contributed by atoms with Gasteiger partial charge in [-0.25, -0.2) is 0 Å². The van der Waals surface area contributed by atoms with Gasteiger partial charge in [0.25, 0.3) is 0 Å². The minimum Gasteiger partial charge on any atom is -0.325 e. The normalized spacial score (nSPS) is 12.1. The Labute approximate surface area is 180 Å². The van der Waals surface area contributed by atoms with Crippen molar-refractivity contribution in [1.82, 2.24) is 14.8 Å². The Balaban J connectivity index is 1.44. The lowest BCUT2D eigenvalue weighted by Crippen LogP contribution is -2.23. The minimum absolute atomic E-state index is 0.0494. The Bertz CT molecular complexity index is 1150. The number of carbonyl (C=O) groups is 1. The third-order valence-corrected chi connectivity index (χ3v) is 6.15. The number of fused-ring (bicyclic) bond motifs is 1. The van der Waals surface area contributed by atoms with E-state index in [4.69, 9.17) is 0 Å². The maximum absolute atomic E-state index is 12.9. The molecule has 30 heavy (non-hydrogen) atoms. The molecular weight excluding hydrogens is 392 g/mol. The number of aromatic nitrogens is 3. The van der Waals surface area contributed by atoms with E-state index in [1.54, 1.807) is 0 Å². The summed E-state index contributed by atoms with van der Waals surface area (Å²) in [5.41, 5.74) is 2.09. The highest BCUT2D eigenvalue weighted by molar-refractivity contribution is 8.00. The van der Waals surface area contributed by atoms with Gasteiger partial charge in [-0.3, -0.25) is 4.79 Å². The van der Waals surface area contributed by atoms with Crippen LogP contribution < -0.4 is 5.32 Å². The molecule has 4 rings (SSSR count). The average Bonchev–Trinajstić information content (AvgIpc) is 3.12. The standard InChI is InChI=1S/C24H24N4OS/c1-17(23(29)25-22-14-8-12-20-11-6-7-13-21(20)22)30-24-27-26-18(2)28(24)16-15-19-9-4-3-5-10-19/h3-14,17H,15-16H2,1-2H3,(H,25,29)/t17-/m0/s1. The van der Waals surface area contributed by atoms with Crippen LogP contribution in [0.25, 0.3) is 10.8 Å². The van der Waals surface area contributed by atoms with Crippen molar-refractivity contribution in [3.8, 4) is 0 Å². The van der Waals surface area contributed by atoms with E-state index in [1.165, 1.54) is 17.3 Å². The molecule has 1 N–H and O–H groups in total. The van der Waals surface area contributed by atoms with E-state index in [-0.39, 0.29) is 11.2 Å². The summed E-state index contributed by atoms with van der Waals surface area (Å²) >= 11 is 1.44. The predicted molar refractivity (Wildman–Crippen MR) is 123 cm³/mol. The van der Waals surface area contributed by atoms with Crippen molar-refractivity contribution in [1.29, 1.82) is 0 Å². The number of benzene rings is 3. The van der Waals surface area contributed by atoms with E-state index in [0.29, 0.717) is 0 Å². The zero-order valence-electron chi connectivity index (χ0n) is 17.1. The first-order valence-corrected chi connectivity index (χ1v) is 10.9. The molecule has 0 aliphatic rings.